The van der Waals surface area contributed by atoms with Crippen LogP contribution in [0.25, 0.3) is 11.3 Å². The zero-order valence-corrected chi connectivity index (χ0v) is 21.1. The van der Waals surface area contributed by atoms with Crippen molar-refractivity contribution in [2.45, 2.75) is 51.6 Å². The molecule has 2 heterocycles. The van der Waals surface area contributed by atoms with E-state index in [0.717, 1.165) is 61.7 Å². The van der Waals surface area contributed by atoms with Gasteiger partial charge in [-0.05, 0) is 49.9 Å². The van der Waals surface area contributed by atoms with Gasteiger partial charge in [0.1, 0.15) is 0 Å². The first-order chi connectivity index (χ1) is 15.2. The largest absolute Gasteiger partial charge is 0.357 e. The maximum absolute atomic E-state index is 12.7. The Morgan fingerprint density at radius 3 is 2.75 bits per heavy atom. The smallest absolute Gasteiger partial charge is 0.225 e. The van der Waals surface area contributed by atoms with Crippen LogP contribution in [0, 0.1) is 5.92 Å². The molecule has 0 spiro atoms. The summed E-state index contributed by atoms with van der Waals surface area (Å²) in [5, 5.41) is 6.89. The van der Waals surface area contributed by atoms with E-state index in [2.05, 4.69) is 46.8 Å². The molecule has 1 amide bonds. The molecule has 6 nitrogen and oxygen atoms in total. The lowest BCUT2D eigenvalue weighted by Crippen LogP contribution is -2.45. The van der Waals surface area contributed by atoms with Crippen molar-refractivity contribution in [3.05, 3.63) is 54.2 Å². The van der Waals surface area contributed by atoms with Crippen molar-refractivity contribution >= 4 is 35.8 Å². The molecule has 4 rings (SSSR count). The van der Waals surface area contributed by atoms with Crippen LogP contribution in [-0.4, -0.2) is 47.4 Å². The maximum Gasteiger partial charge on any atom is 0.225 e. The summed E-state index contributed by atoms with van der Waals surface area (Å²) in [4.78, 5) is 24.0. The molecule has 1 aromatic heterocycles. The van der Waals surface area contributed by atoms with Gasteiger partial charge in [0, 0.05) is 43.4 Å². The van der Waals surface area contributed by atoms with Gasteiger partial charge in [-0.1, -0.05) is 37.1 Å². The number of halogens is 1. The van der Waals surface area contributed by atoms with Crippen molar-refractivity contribution in [2.24, 2.45) is 10.9 Å². The third kappa shape index (κ3) is 6.43. The van der Waals surface area contributed by atoms with Gasteiger partial charge >= 0.3 is 0 Å². The fourth-order valence-corrected chi connectivity index (χ4v) is 4.56. The zero-order valence-electron chi connectivity index (χ0n) is 18.8. The number of aromatic nitrogens is 1. The van der Waals surface area contributed by atoms with Crippen molar-refractivity contribution in [3.63, 3.8) is 0 Å². The van der Waals surface area contributed by atoms with Gasteiger partial charge < -0.3 is 15.5 Å². The first kappa shape index (κ1) is 24.5. The number of guanidine groups is 1. The first-order valence-corrected chi connectivity index (χ1v) is 11.6. The Balaban J connectivity index is 0.00000289. The summed E-state index contributed by atoms with van der Waals surface area (Å²) in [7, 11) is 0. The number of nitrogens with one attached hydrogen (secondary N) is 2. The minimum absolute atomic E-state index is 0. The van der Waals surface area contributed by atoms with E-state index < -0.39 is 0 Å². The van der Waals surface area contributed by atoms with Crippen LogP contribution in [0.3, 0.4) is 0 Å². The molecule has 172 valence electrons. The molecule has 1 saturated heterocycles. The van der Waals surface area contributed by atoms with Crippen molar-refractivity contribution in [3.8, 4) is 11.3 Å². The average molecular weight is 547 g/mol. The summed E-state index contributed by atoms with van der Waals surface area (Å²) in [6.45, 7) is 5.08. The molecule has 1 atom stereocenters. The third-order valence-corrected chi connectivity index (χ3v) is 6.20. The number of rotatable bonds is 6. The highest BCUT2D eigenvalue weighted by Gasteiger charge is 2.32. The quantitative estimate of drug-likeness (QED) is 0.323. The molecule has 7 heteroatoms. The SMILES string of the molecule is CCNC(=NCc1cccc(-c2ccccn2)c1)NC1CCN(C(=O)C2CCCC2)C1.I. The van der Waals surface area contributed by atoms with E-state index in [9.17, 15) is 4.79 Å². The van der Waals surface area contributed by atoms with Gasteiger partial charge in [-0.15, -0.1) is 24.0 Å². The minimum Gasteiger partial charge on any atom is -0.357 e. The summed E-state index contributed by atoms with van der Waals surface area (Å²) in [6, 6.07) is 14.6. The number of pyridine rings is 1. The summed E-state index contributed by atoms with van der Waals surface area (Å²) in [5.74, 6) is 1.42. The number of aliphatic imine (C=N–C) groups is 1. The lowest BCUT2D eigenvalue weighted by molar-refractivity contribution is -0.134. The van der Waals surface area contributed by atoms with Crippen LogP contribution in [0.2, 0.25) is 0 Å². The van der Waals surface area contributed by atoms with Crippen LogP contribution in [0.15, 0.2) is 53.7 Å². The Morgan fingerprint density at radius 2 is 2.00 bits per heavy atom. The summed E-state index contributed by atoms with van der Waals surface area (Å²) in [5.41, 5.74) is 3.21. The number of hydrogen-bond acceptors (Lipinski definition) is 3. The number of nitrogens with zero attached hydrogens (tertiary/aromatic N) is 3. The molecule has 2 fully saturated rings. The van der Waals surface area contributed by atoms with E-state index in [-0.39, 0.29) is 35.9 Å². The van der Waals surface area contributed by atoms with Crippen LogP contribution in [-0.2, 0) is 11.3 Å². The second-order valence-corrected chi connectivity index (χ2v) is 8.51. The van der Waals surface area contributed by atoms with Gasteiger partial charge in [0.05, 0.1) is 12.2 Å². The highest BCUT2D eigenvalue weighted by molar-refractivity contribution is 14.0. The summed E-state index contributed by atoms with van der Waals surface area (Å²) in [6.07, 6.45) is 7.31. The highest BCUT2D eigenvalue weighted by Crippen LogP contribution is 2.27. The van der Waals surface area contributed by atoms with Crippen LogP contribution >= 0.6 is 24.0 Å². The van der Waals surface area contributed by atoms with Gasteiger partial charge in [0.2, 0.25) is 5.91 Å². The molecule has 1 saturated carbocycles. The number of carbonyl (C=O) groups is 1. The van der Waals surface area contributed by atoms with E-state index in [1.807, 2.05) is 29.3 Å². The topological polar surface area (TPSA) is 69.6 Å². The molecule has 0 bridgehead atoms. The van der Waals surface area contributed by atoms with Crippen molar-refractivity contribution in [1.29, 1.82) is 0 Å². The first-order valence-electron chi connectivity index (χ1n) is 11.6. The number of hydrogen-bond donors (Lipinski definition) is 2. The third-order valence-electron chi connectivity index (χ3n) is 6.20. The molecule has 1 aliphatic heterocycles. The second kappa shape index (κ2) is 12.2. The average Bonchev–Trinajstić information content (AvgIpc) is 3.51. The van der Waals surface area contributed by atoms with E-state index in [1.54, 1.807) is 0 Å². The van der Waals surface area contributed by atoms with Gasteiger partial charge in [-0.25, -0.2) is 4.99 Å². The Hall–Kier alpha value is -2.16. The lowest BCUT2D eigenvalue weighted by atomic mass is 10.1. The van der Waals surface area contributed by atoms with Crippen LogP contribution in [0.1, 0.15) is 44.6 Å². The zero-order chi connectivity index (χ0) is 21.5. The molecular formula is C25H34IN5O. The minimum atomic E-state index is 0. The second-order valence-electron chi connectivity index (χ2n) is 8.51. The molecule has 2 aromatic rings. The number of carbonyl (C=O) groups excluding carboxylic acids is 1. The highest BCUT2D eigenvalue weighted by atomic mass is 127. The standard InChI is InChI=1S/C25H33N5O.HI/c1-2-26-25(29-22-13-15-30(18-22)24(31)20-9-3-4-10-20)28-17-19-8-7-11-21(16-19)23-12-5-6-14-27-23;/h5-8,11-12,14,16,20,22H,2-4,9-10,13,15,17-18H2,1H3,(H2,26,28,29);1H. The van der Waals surface area contributed by atoms with Crippen LogP contribution < -0.4 is 10.6 Å². The molecule has 32 heavy (non-hydrogen) atoms. The predicted octanol–water partition coefficient (Wildman–Crippen LogP) is 4.21. The Kier molecular flexibility index (Phi) is 9.32. The number of amides is 1. The molecule has 1 aromatic carbocycles. The fourth-order valence-electron chi connectivity index (χ4n) is 4.56. The van der Waals surface area contributed by atoms with E-state index in [0.29, 0.717) is 12.5 Å². The van der Waals surface area contributed by atoms with Crippen molar-refractivity contribution in [2.75, 3.05) is 19.6 Å². The fraction of sp³-hybridized carbons (Fsp3) is 0.480. The summed E-state index contributed by atoms with van der Waals surface area (Å²) < 4.78 is 0. The Labute approximate surface area is 208 Å². The predicted molar refractivity (Wildman–Crippen MR) is 140 cm³/mol. The van der Waals surface area contributed by atoms with E-state index in [1.165, 1.54) is 12.8 Å². The van der Waals surface area contributed by atoms with Gasteiger partial charge in [-0.3, -0.25) is 9.78 Å². The molecular weight excluding hydrogens is 513 g/mol. The van der Waals surface area contributed by atoms with Crippen LogP contribution in [0.5, 0.6) is 0 Å². The maximum atomic E-state index is 12.7. The normalized spacial score (nSPS) is 19.0. The number of likely N-dealkylation sites (tertiary alicyclic amines) is 1. The molecule has 2 N–H and O–H groups in total. The molecule has 0 radical (unpaired) electrons. The van der Waals surface area contributed by atoms with Crippen molar-refractivity contribution in [1.82, 2.24) is 20.5 Å². The van der Waals surface area contributed by atoms with E-state index in [4.69, 9.17) is 4.99 Å². The molecule has 1 aliphatic carbocycles. The van der Waals surface area contributed by atoms with Gasteiger partial charge in [0.25, 0.3) is 0 Å². The summed E-state index contributed by atoms with van der Waals surface area (Å²) >= 11 is 0. The Morgan fingerprint density at radius 1 is 1.16 bits per heavy atom. The molecule has 2 aliphatic rings. The van der Waals surface area contributed by atoms with Crippen molar-refractivity contribution < 1.29 is 4.79 Å². The van der Waals surface area contributed by atoms with Gasteiger partial charge in [-0.2, -0.15) is 0 Å². The lowest BCUT2D eigenvalue weighted by Gasteiger charge is -2.21. The Bertz CT molecular complexity index is 898. The van der Waals surface area contributed by atoms with Crippen LogP contribution in [0.4, 0.5) is 0 Å². The monoisotopic (exact) mass is 547 g/mol. The van der Waals surface area contributed by atoms with E-state index >= 15 is 0 Å². The van der Waals surface area contributed by atoms with Gasteiger partial charge in [0.15, 0.2) is 5.96 Å². The number of benzene rings is 1. The molecule has 1 unspecified atom stereocenters.